The van der Waals surface area contributed by atoms with E-state index < -0.39 is 43.4 Å². The van der Waals surface area contributed by atoms with Gasteiger partial charge in [-0.05, 0) is 26.2 Å². The zero-order valence-corrected chi connectivity index (χ0v) is 26.8. The molecule has 0 radical (unpaired) electrons. The van der Waals surface area contributed by atoms with Crippen LogP contribution in [0.3, 0.4) is 0 Å². The molecule has 0 aromatic heterocycles. The Hall–Kier alpha value is -0.610. The van der Waals surface area contributed by atoms with E-state index in [-0.39, 0.29) is 6.61 Å². The lowest BCUT2D eigenvalue weighted by molar-refractivity contribution is -0.301. The summed E-state index contributed by atoms with van der Waals surface area (Å²) in [5.74, 6) is 0.326. The molecule has 0 aromatic rings. The van der Waals surface area contributed by atoms with Crippen LogP contribution >= 0.6 is 0 Å². The van der Waals surface area contributed by atoms with Gasteiger partial charge in [0, 0.05) is 6.42 Å². The molecule has 1 saturated heterocycles. The second kappa shape index (κ2) is 26.8. The van der Waals surface area contributed by atoms with Crippen molar-refractivity contribution in [3.63, 3.8) is 0 Å². The Balaban J connectivity index is 1.78. The van der Waals surface area contributed by atoms with Gasteiger partial charge in [0.2, 0.25) is 0 Å². The Morgan fingerprint density at radius 1 is 0.619 bits per heavy atom. The van der Waals surface area contributed by atoms with Crippen molar-refractivity contribution in [2.75, 3.05) is 13.2 Å². The van der Waals surface area contributed by atoms with Crippen molar-refractivity contribution in [3.8, 4) is 0 Å². The van der Waals surface area contributed by atoms with E-state index in [4.69, 9.17) is 9.47 Å². The highest BCUT2D eigenvalue weighted by Crippen LogP contribution is 2.22. The first-order chi connectivity index (χ1) is 20.4. The van der Waals surface area contributed by atoms with Gasteiger partial charge in [0.05, 0.1) is 19.3 Å². The van der Waals surface area contributed by atoms with Gasteiger partial charge in [0.15, 0.2) is 6.29 Å². The highest BCUT2D eigenvalue weighted by atomic mass is 16.7. The van der Waals surface area contributed by atoms with E-state index in [0.717, 1.165) is 25.7 Å². The third-order valence-corrected chi connectivity index (χ3v) is 8.65. The molecule has 0 saturated carbocycles. The van der Waals surface area contributed by atoms with Crippen LogP contribution in [0.1, 0.15) is 161 Å². The predicted molar refractivity (Wildman–Crippen MR) is 167 cm³/mol. The van der Waals surface area contributed by atoms with Crippen LogP contribution in [0.5, 0.6) is 0 Å². The second-order valence-electron chi connectivity index (χ2n) is 12.7. The maximum atomic E-state index is 10.9. The van der Waals surface area contributed by atoms with Gasteiger partial charge in [-0.1, -0.05) is 128 Å². The molecule has 1 aliphatic rings. The van der Waals surface area contributed by atoms with Gasteiger partial charge in [0.1, 0.15) is 30.2 Å². The Labute approximate surface area is 256 Å². The lowest BCUT2D eigenvalue weighted by atomic mass is 9.99. The largest absolute Gasteiger partial charge is 0.394 e. The molecule has 1 rings (SSSR count). The fraction of sp³-hybridized carbons (Fsp3) is 0.971. The molecule has 0 bridgehead atoms. The maximum Gasteiger partial charge on any atom is 0.186 e. The number of ether oxygens (including phenoxy) is 2. The summed E-state index contributed by atoms with van der Waals surface area (Å²) in [6.07, 6.45) is 22.3. The molecule has 0 aliphatic carbocycles. The van der Waals surface area contributed by atoms with E-state index in [9.17, 15) is 30.3 Å². The summed E-state index contributed by atoms with van der Waals surface area (Å²) < 4.78 is 10.8. The summed E-state index contributed by atoms with van der Waals surface area (Å²) in [4.78, 5) is 10.9. The fourth-order valence-corrected chi connectivity index (χ4v) is 5.78. The van der Waals surface area contributed by atoms with Gasteiger partial charge >= 0.3 is 0 Å². The quantitative estimate of drug-likeness (QED) is 0.0647. The first kappa shape index (κ1) is 39.4. The molecule has 0 spiro atoms. The highest BCUT2D eigenvalue weighted by Gasteiger charge is 2.43. The second-order valence-corrected chi connectivity index (χ2v) is 12.7. The zero-order valence-electron chi connectivity index (χ0n) is 26.8. The average molecular weight is 603 g/mol. The van der Waals surface area contributed by atoms with Crippen molar-refractivity contribution in [2.24, 2.45) is 0 Å². The molecule has 6 atom stereocenters. The van der Waals surface area contributed by atoms with Crippen molar-refractivity contribution in [2.45, 2.75) is 198 Å². The first-order valence-electron chi connectivity index (χ1n) is 17.5. The van der Waals surface area contributed by atoms with E-state index in [1.165, 1.54) is 116 Å². The van der Waals surface area contributed by atoms with Crippen molar-refractivity contribution in [1.82, 2.24) is 0 Å². The number of hydrogen-bond donors (Lipinski definition) is 5. The molecule has 1 fully saturated rings. The van der Waals surface area contributed by atoms with E-state index >= 15 is 0 Å². The van der Waals surface area contributed by atoms with Gasteiger partial charge in [-0.3, -0.25) is 0 Å². The lowest BCUT2D eigenvalue weighted by Gasteiger charge is -2.39. The molecule has 5 N–H and O–H groups in total. The third-order valence-electron chi connectivity index (χ3n) is 8.65. The number of ketones is 1. The fourth-order valence-electron chi connectivity index (χ4n) is 5.78. The van der Waals surface area contributed by atoms with Crippen molar-refractivity contribution in [1.29, 1.82) is 0 Å². The number of rotatable bonds is 29. The third kappa shape index (κ3) is 20.4. The number of unbranched alkanes of at least 4 members (excludes halogenated alkanes) is 20. The summed E-state index contributed by atoms with van der Waals surface area (Å²) in [5.41, 5.74) is 0. The minimum Gasteiger partial charge on any atom is -0.394 e. The maximum absolute atomic E-state index is 10.9. The minimum atomic E-state index is -1.45. The number of Topliss-reactive ketones (excluding diaryl/α,β-unsaturated/α-hetero) is 1. The Morgan fingerprint density at radius 2 is 1.02 bits per heavy atom. The number of hydrogen-bond acceptors (Lipinski definition) is 8. The molecule has 250 valence electrons. The van der Waals surface area contributed by atoms with E-state index in [0.29, 0.717) is 18.6 Å². The molecule has 0 aromatic carbocycles. The number of aliphatic hydroxyl groups is 5. The minimum absolute atomic E-state index is 0.163. The smallest absolute Gasteiger partial charge is 0.186 e. The Morgan fingerprint density at radius 3 is 1.43 bits per heavy atom. The number of aliphatic hydroxyl groups excluding tert-OH is 5. The van der Waals surface area contributed by atoms with Crippen LogP contribution in [-0.4, -0.2) is 81.3 Å². The van der Waals surface area contributed by atoms with Gasteiger partial charge in [-0.15, -0.1) is 0 Å². The summed E-state index contributed by atoms with van der Waals surface area (Å²) >= 11 is 0. The van der Waals surface area contributed by atoms with Crippen LogP contribution in [0.25, 0.3) is 0 Å². The zero-order chi connectivity index (χ0) is 30.8. The normalized spacial score (nSPS) is 23.3. The molecule has 42 heavy (non-hydrogen) atoms. The summed E-state index contributed by atoms with van der Waals surface area (Å²) in [6.45, 7) is 1.37. The van der Waals surface area contributed by atoms with Crippen LogP contribution in [0.4, 0.5) is 0 Å². The Bertz CT molecular complexity index is 616. The first-order valence-corrected chi connectivity index (χ1v) is 17.5. The molecule has 8 nitrogen and oxygen atoms in total. The summed E-state index contributed by atoms with van der Waals surface area (Å²) in [5, 5.41) is 49.0. The number of carbonyl (C=O) groups is 1. The van der Waals surface area contributed by atoms with Crippen molar-refractivity contribution >= 4 is 5.78 Å². The Kier molecular flexibility index (Phi) is 25.1. The van der Waals surface area contributed by atoms with Gasteiger partial charge in [0.25, 0.3) is 0 Å². The molecule has 1 heterocycles. The van der Waals surface area contributed by atoms with Crippen LogP contribution in [0, 0.1) is 0 Å². The average Bonchev–Trinajstić information content (AvgIpc) is 2.97. The van der Waals surface area contributed by atoms with Crippen LogP contribution in [0.15, 0.2) is 0 Å². The van der Waals surface area contributed by atoms with Crippen molar-refractivity contribution < 1.29 is 39.8 Å². The lowest BCUT2D eigenvalue weighted by Crippen LogP contribution is -2.59. The van der Waals surface area contributed by atoms with E-state index in [1.54, 1.807) is 6.92 Å². The monoisotopic (exact) mass is 602 g/mol. The standard InChI is InChI=1S/C34H66O8/c1-28(36)23-21-19-17-15-13-11-9-7-5-3-2-4-6-8-10-12-14-16-18-20-22-24-29(37)25-26-41-34-33(40)32(39)31(38)30(27-35)42-34/h29-35,37-40H,2-27H2,1H3/t29-,30-,31-,32+,33-,34+/m1/s1. The van der Waals surface area contributed by atoms with Crippen molar-refractivity contribution in [3.05, 3.63) is 0 Å². The molecular weight excluding hydrogens is 536 g/mol. The molecule has 0 amide bonds. The van der Waals surface area contributed by atoms with Gasteiger partial charge in [-0.25, -0.2) is 0 Å². The van der Waals surface area contributed by atoms with E-state index in [1.807, 2.05) is 0 Å². The highest BCUT2D eigenvalue weighted by molar-refractivity contribution is 5.75. The SMILES string of the molecule is CC(=O)CCCCCCCCCCCCCCCCCCCCCCC[C@@H](O)CCO[C@H]1O[C@H](CO)[C@@H](O)[C@H](O)[C@H]1O. The predicted octanol–water partition coefficient (Wildman–Crippen LogP) is 6.12. The van der Waals surface area contributed by atoms with Gasteiger partial charge in [-0.2, -0.15) is 0 Å². The molecular formula is C34H66O8. The van der Waals surface area contributed by atoms with Gasteiger partial charge < -0.3 is 39.8 Å². The molecule has 1 aliphatic heterocycles. The van der Waals surface area contributed by atoms with E-state index in [2.05, 4.69) is 0 Å². The topological polar surface area (TPSA) is 137 Å². The molecule has 0 unspecified atom stereocenters. The summed E-state index contributed by atoms with van der Waals surface area (Å²) in [7, 11) is 0. The van der Waals surface area contributed by atoms with Crippen LogP contribution in [-0.2, 0) is 14.3 Å². The number of carbonyl (C=O) groups excluding carboxylic acids is 1. The van der Waals surface area contributed by atoms with Crippen LogP contribution < -0.4 is 0 Å². The van der Waals surface area contributed by atoms with Crippen LogP contribution in [0.2, 0.25) is 0 Å². The summed E-state index contributed by atoms with van der Waals surface area (Å²) in [6, 6.07) is 0. The molecule has 8 heteroatoms.